The van der Waals surface area contributed by atoms with Gasteiger partial charge in [0.25, 0.3) is 0 Å². The molecule has 0 spiro atoms. The molecule has 6 heteroatoms. The first-order valence-corrected chi connectivity index (χ1v) is 11.1. The van der Waals surface area contributed by atoms with Crippen LogP contribution in [-0.4, -0.2) is 39.8 Å². The van der Waals surface area contributed by atoms with E-state index in [-0.39, 0.29) is 18.2 Å². The summed E-state index contributed by atoms with van der Waals surface area (Å²) < 4.78 is 5.76. The van der Waals surface area contributed by atoms with Gasteiger partial charge in [-0.2, -0.15) is 0 Å². The van der Waals surface area contributed by atoms with E-state index in [0.717, 1.165) is 46.5 Å². The molecule has 0 saturated heterocycles. The number of phenolic OH excluding ortho intramolecular Hbond substituents is 1. The van der Waals surface area contributed by atoms with Crippen molar-refractivity contribution < 1.29 is 14.6 Å². The van der Waals surface area contributed by atoms with E-state index in [1.807, 2.05) is 33.8 Å². The maximum absolute atomic E-state index is 13.2. The van der Waals surface area contributed by atoms with Crippen LogP contribution in [0.3, 0.4) is 0 Å². The van der Waals surface area contributed by atoms with E-state index < -0.39 is 0 Å². The smallest absolute Gasteiger partial charge is 0.182 e. The number of carbonyl (C=O) groups is 1. The maximum atomic E-state index is 13.2. The van der Waals surface area contributed by atoms with E-state index in [2.05, 4.69) is 4.98 Å². The summed E-state index contributed by atoms with van der Waals surface area (Å²) in [6.45, 7) is 8.84. The normalized spacial score (nSPS) is 16.1. The van der Waals surface area contributed by atoms with Gasteiger partial charge in [0.1, 0.15) is 23.0 Å². The lowest BCUT2D eigenvalue weighted by molar-refractivity contribution is 0.0962. The fraction of sp³-hybridized carbons (Fsp3) is 0.480. The van der Waals surface area contributed by atoms with Gasteiger partial charge in [-0.1, -0.05) is 12.8 Å². The van der Waals surface area contributed by atoms with Crippen molar-refractivity contribution in [2.24, 2.45) is 0 Å². The average molecular weight is 422 g/mol. The molecule has 1 aliphatic heterocycles. The third kappa shape index (κ3) is 3.80. The van der Waals surface area contributed by atoms with Crippen LogP contribution < -0.4 is 4.74 Å². The van der Waals surface area contributed by atoms with E-state index >= 15 is 0 Å². The van der Waals surface area contributed by atoms with Gasteiger partial charge in [-0.3, -0.25) is 10.2 Å². The number of hydrogen-bond donors (Lipinski definition) is 2. The number of pyridine rings is 1. The molecule has 0 radical (unpaired) electrons. The number of amidine groups is 1. The number of Topliss-reactive ketones (excluding diaryl/α,β-unsaturated/α-hetero) is 1. The number of ether oxygens (including phenoxy) is 1. The standard InChI is InChI=1S/C25H31N3O3/c1-5-31-24-15(3)20-12-28(25(26)22(20)27-16(24)4)13-21(29)18-10-14(2)23(30)19(11-18)17-8-6-7-9-17/h10-11,17,26,30H,5-9,12-13H2,1-4H3. The van der Waals surface area contributed by atoms with Gasteiger partial charge in [0.2, 0.25) is 0 Å². The van der Waals surface area contributed by atoms with Gasteiger partial charge in [0.15, 0.2) is 5.78 Å². The summed E-state index contributed by atoms with van der Waals surface area (Å²) in [5, 5.41) is 19.2. The van der Waals surface area contributed by atoms with Crippen LogP contribution >= 0.6 is 0 Å². The summed E-state index contributed by atoms with van der Waals surface area (Å²) in [6, 6.07) is 3.64. The minimum Gasteiger partial charge on any atom is -0.507 e. The highest BCUT2D eigenvalue weighted by Crippen LogP contribution is 2.40. The number of nitrogens with one attached hydrogen (secondary N) is 1. The summed E-state index contributed by atoms with van der Waals surface area (Å²) in [6.07, 6.45) is 4.45. The molecule has 1 aromatic carbocycles. The number of ketones is 1. The lowest BCUT2D eigenvalue weighted by Gasteiger charge is -2.19. The zero-order valence-corrected chi connectivity index (χ0v) is 18.8. The van der Waals surface area contributed by atoms with Gasteiger partial charge in [-0.15, -0.1) is 0 Å². The van der Waals surface area contributed by atoms with Crippen molar-refractivity contribution >= 4 is 11.6 Å². The molecule has 2 N–H and O–H groups in total. The van der Waals surface area contributed by atoms with Crippen LogP contribution in [0.1, 0.15) is 82.5 Å². The summed E-state index contributed by atoms with van der Waals surface area (Å²) in [5.74, 6) is 1.66. The summed E-state index contributed by atoms with van der Waals surface area (Å²) in [7, 11) is 0. The van der Waals surface area contributed by atoms with Crippen molar-refractivity contribution in [1.29, 1.82) is 5.41 Å². The minimum atomic E-state index is -0.0423. The molecule has 31 heavy (non-hydrogen) atoms. The quantitative estimate of drug-likeness (QED) is 0.655. The van der Waals surface area contributed by atoms with Crippen molar-refractivity contribution in [3.05, 3.63) is 51.3 Å². The van der Waals surface area contributed by atoms with Crippen LogP contribution in [0.25, 0.3) is 0 Å². The van der Waals surface area contributed by atoms with Crippen LogP contribution in [0.5, 0.6) is 11.5 Å². The Morgan fingerprint density at radius 3 is 2.65 bits per heavy atom. The summed E-state index contributed by atoms with van der Waals surface area (Å²) >= 11 is 0. The monoisotopic (exact) mass is 421 g/mol. The molecule has 2 aromatic rings. The molecule has 1 saturated carbocycles. The predicted molar refractivity (Wildman–Crippen MR) is 121 cm³/mol. The molecule has 4 rings (SSSR count). The summed E-state index contributed by atoms with van der Waals surface area (Å²) in [4.78, 5) is 19.6. The molecule has 6 nitrogen and oxygen atoms in total. The first-order chi connectivity index (χ1) is 14.8. The van der Waals surface area contributed by atoms with Gasteiger partial charge in [-0.25, -0.2) is 4.98 Å². The molecule has 0 unspecified atom stereocenters. The van der Waals surface area contributed by atoms with E-state index in [9.17, 15) is 9.90 Å². The number of nitrogens with zero attached hydrogens (tertiary/aromatic N) is 2. The molecule has 1 fully saturated rings. The molecule has 164 valence electrons. The molecule has 2 heterocycles. The predicted octanol–water partition coefficient (Wildman–Crippen LogP) is 4.79. The first kappa shape index (κ1) is 21.3. The summed E-state index contributed by atoms with van der Waals surface area (Å²) in [5.41, 5.74) is 5.61. The van der Waals surface area contributed by atoms with Gasteiger partial charge < -0.3 is 14.7 Å². The Kier molecular flexibility index (Phi) is 5.73. The number of fused-ring (bicyclic) bond motifs is 1. The molecular formula is C25H31N3O3. The van der Waals surface area contributed by atoms with E-state index in [4.69, 9.17) is 10.1 Å². The number of aromatic hydroxyl groups is 1. The molecule has 2 aliphatic rings. The minimum absolute atomic E-state index is 0.0423. The van der Waals surface area contributed by atoms with Crippen LogP contribution in [0.2, 0.25) is 0 Å². The Labute approximate surface area is 183 Å². The van der Waals surface area contributed by atoms with Crippen molar-refractivity contribution in [2.75, 3.05) is 13.2 Å². The Balaban J connectivity index is 1.58. The molecule has 0 atom stereocenters. The topological polar surface area (TPSA) is 86.5 Å². The van der Waals surface area contributed by atoms with Crippen molar-refractivity contribution in [3.63, 3.8) is 0 Å². The lowest BCUT2D eigenvalue weighted by Crippen LogP contribution is -2.30. The second-order valence-corrected chi connectivity index (χ2v) is 8.75. The maximum Gasteiger partial charge on any atom is 0.182 e. The Hall–Kier alpha value is -2.89. The Morgan fingerprint density at radius 2 is 1.97 bits per heavy atom. The lowest BCUT2D eigenvalue weighted by atomic mass is 9.91. The number of aryl methyl sites for hydroxylation is 2. The number of benzene rings is 1. The van der Waals surface area contributed by atoms with Crippen molar-refractivity contribution in [2.45, 2.75) is 65.8 Å². The first-order valence-electron chi connectivity index (χ1n) is 11.1. The highest BCUT2D eigenvalue weighted by atomic mass is 16.5. The van der Waals surface area contributed by atoms with Crippen LogP contribution in [0.15, 0.2) is 12.1 Å². The van der Waals surface area contributed by atoms with Crippen molar-refractivity contribution in [1.82, 2.24) is 9.88 Å². The molecule has 1 aromatic heterocycles. The van der Waals surface area contributed by atoms with E-state index in [1.165, 1.54) is 12.8 Å². The second kappa shape index (κ2) is 8.33. The Bertz CT molecular complexity index is 1050. The van der Waals surface area contributed by atoms with Crippen LogP contribution in [0, 0.1) is 26.2 Å². The Morgan fingerprint density at radius 1 is 1.26 bits per heavy atom. The largest absolute Gasteiger partial charge is 0.507 e. The van der Waals surface area contributed by atoms with Gasteiger partial charge in [-0.05, 0) is 69.7 Å². The third-order valence-electron chi connectivity index (χ3n) is 6.65. The average Bonchev–Trinajstić information content (AvgIpc) is 3.37. The number of hydrogen-bond acceptors (Lipinski definition) is 5. The number of rotatable bonds is 6. The molecule has 0 amide bonds. The number of phenols is 1. The van der Waals surface area contributed by atoms with Crippen molar-refractivity contribution in [3.8, 4) is 11.5 Å². The van der Waals surface area contributed by atoms with Crippen LogP contribution in [0.4, 0.5) is 0 Å². The molecular weight excluding hydrogens is 390 g/mol. The zero-order chi connectivity index (χ0) is 22.3. The highest BCUT2D eigenvalue weighted by Gasteiger charge is 2.31. The SMILES string of the molecule is CCOc1c(C)nc2c(c1C)CN(CC(=O)c1cc(C)c(O)c(C3CCCC3)c1)C2=N. The number of carbonyl (C=O) groups excluding carboxylic acids is 1. The molecule has 0 bridgehead atoms. The van der Waals surface area contributed by atoms with E-state index in [0.29, 0.717) is 36.1 Å². The zero-order valence-electron chi connectivity index (χ0n) is 18.8. The van der Waals surface area contributed by atoms with Gasteiger partial charge in [0, 0.05) is 23.2 Å². The van der Waals surface area contributed by atoms with Crippen LogP contribution in [-0.2, 0) is 6.54 Å². The number of aromatic nitrogens is 1. The third-order valence-corrected chi connectivity index (χ3v) is 6.65. The van der Waals surface area contributed by atoms with Gasteiger partial charge in [0.05, 0.1) is 18.8 Å². The fourth-order valence-electron chi connectivity index (χ4n) is 4.95. The highest BCUT2D eigenvalue weighted by molar-refractivity contribution is 6.04. The fourth-order valence-corrected chi connectivity index (χ4v) is 4.95. The molecule has 1 aliphatic carbocycles. The van der Waals surface area contributed by atoms with Gasteiger partial charge >= 0.3 is 0 Å². The van der Waals surface area contributed by atoms with E-state index in [1.54, 1.807) is 11.0 Å². The second-order valence-electron chi connectivity index (χ2n) is 8.75.